The van der Waals surface area contributed by atoms with Crippen molar-refractivity contribution in [1.29, 1.82) is 5.26 Å². The molecule has 136 valence electrons. The van der Waals surface area contributed by atoms with E-state index < -0.39 is 5.60 Å². The second-order valence-corrected chi connectivity index (χ2v) is 7.48. The second-order valence-electron chi connectivity index (χ2n) is 6.53. The summed E-state index contributed by atoms with van der Waals surface area (Å²) in [6.07, 6.45) is 0.704. The molecule has 0 saturated heterocycles. The van der Waals surface area contributed by atoms with Gasteiger partial charge in [0.15, 0.2) is 0 Å². The van der Waals surface area contributed by atoms with Gasteiger partial charge in [0.25, 0.3) is 0 Å². The lowest BCUT2D eigenvalue weighted by molar-refractivity contribution is -0.125. The lowest BCUT2D eigenvalue weighted by atomic mass is 9.86. The fourth-order valence-corrected chi connectivity index (χ4v) is 4.66. The van der Waals surface area contributed by atoms with E-state index in [2.05, 4.69) is 30.4 Å². The SMILES string of the molecule is CC[C@@]1(c2cccs2)OCC(=O)Nc2ccc(-c3ccc(C#N)n3C)cc21. The number of nitrogens with zero attached hydrogens (tertiary/aromatic N) is 2. The number of nitriles is 1. The molecule has 5 nitrogen and oxygen atoms in total. The highest BCUT2D eigenvalue weighted by molar-refractivity contribution is 7.10. The summed E-state index contributed by atoms with van der Waals surface area (Å²) >= 11 is 1.63. The van der Waals surface area contributed by atoms with E-state index in [1.807, 2.05) is 47.3 Å². The van der Waals surface area contributed by atoms with E-state index in [0.717, 1.165) is 27.4 Å². The van der Waals surface area contributed by atoms with Crippen LogP contribution < -0.4 is 5.32 Å². The lowest BCUT2D eigenvalue weighted by Crippen LogP contribution is -2.30. The van der Waals surface area contributed by atoms with Crippen LogP contribution in [0.2, 0.25) is 0 Å². The molecule has 1 aromatic carbocycles. The number of fused-ring (bicyclic) bond motifs is 1. The van der Waals surface area contributed by atoms with Crippen LogP contribution in [0.4, 0.5) is 5.69 Å². The molecule has 3 aromatic rings. The first-order chi connectivity index (χ1) is 13.1. The van der Waals surface area contributed by atoms with Gasteiger partial charge in [-0.3, -0.25) is 4.79 Å². The molecule has 0 spiro atoms. The zero-order valence-corrected chi connectivity index (χ0v) is 16.0. The van der Waals surface area contributed by atoms with Crippen molar-refractivity contribution >= 4 is 22.9 Å². The Morgan fingerprint density at radius 2 is 2.19 bits per heavy atom. The molecule has 0 bridgehead atoms. The zero-order valence-electron chi connectivity index (χ0n) is 15.2. The van der Waals surface area contributed by atoms with Crippen LogP contribution in [0.15, 0.2) is 47.8 Å². The number of ether oxygens (including phenoxy) is 1. The second kappa shape index (κ2) is 6.69. The summed E-state index contributed by atoms with van der Waals surface area (Å²) in [5, 5.41) is 14.2. The Balaban J connectivity index is 1.94. The van der Waals surface area contributed by atoms with Gasteiger partial charge in [0.05, 0.1) is 0 Å². The third-order valence-corrected chi connectivity index (χ3v) is 6.14. The van der Waals surface area contributed by atoms with Gasteiger partial charge in [0.2, 0.25) is 5.91 Å². The van der Waals surface area contributed by atoms with Gasteiger partial charge in [0.1, 0.15) is 24.0 Å². The summed E-state index contributed by atoms with van der Waals surface area (Å²) in [5.41, 5.74) is 3.56. The topological polar surface area (TPSA) is 67.0 Å². The fraction of sp³-hybridized carbons (Fsp3) is 0.238. The van der Waals surface area contributed by atoms with Crippen molar-refractivity contribution in [1.82, 2.24) is 4.57 Å². The van der Waals surface area contributed by atoms with Gasteiger partial charge in [-0.05, 0) is 47.7 Å². The molecule has 1 atom stereocenters. The zero-order chi connectivity index (χ0) is 19.0. The third kappa shape index (κ3) is 2.76. The van der Waals surface area contributed by atoms with Crippen LogP contribution in [0.5, 0.6) is 0 Å². The average molecular weight is 377 g/mol. The highest BCUT2D eigenvalue weighted by Gasteiger charge is 2.39. The van der Waals surface area contributed by atoms with Gasteiger partial charge in [-0.25, -0.2) is 0 Å². The van der Waals surface area contributed by atoms with Crippen molar-refractivity contribution < 1.29 is 9.53 Å². The predicted octanol–water partition coefficient (Wildman–Crippen LogP) is 4.25. The van der Waals surface area contributed by atoms with Gasteiger partial charge in [-0.2, -0.15) is 5.26 Å². The summed E-state index contributed by atoms with van der Waals surface area (Å²) in [5.74, 6) is -0.151. The van der Waals surface area contributed by atoms with Gasteiger partial charge >= 0.3 is 0 Å². The fourth-order valence-electron chi connectivity index (χ4n) is 3.69. The van der Waals surface area contributed by atoms with E-state index in [9.17, 15) is 10.1 Å². The summed E-state index contributed by atoms with van der Waals surface area (Å²) in [6, 6.07) is 16.0. The number of carbonyl (C=O) groups is 1. The number of thiophene rings is 1. The molecular weight excluding hydrogens is 358 g/mol. The van der Waals surface area contributed by atoms with E-state index >= 15 is 0 Å². The standard InChI is InChI=1S/C21H19N3O2S/c1-3-21(19-5-4-10-27-19)16-11-14(18-9-7-15(12-22)24(18)2)6-8-17(16)23-20(25)13-26-21/h4-11H,3,13H2,1-2H3,(H,23,25)/t21-/m1/s1. The molecular formula is C21H19N3O2S. The molecule has 0 aliphatic carbocycles. The first-order valence-electron chi connectivity index (χ1n) is 8.77. The molecule has 0 unspecified atom stereocenters. The number of carbonyl (C=O) groups excluding carboxylic acids is 1. The molecule has 2 aromatic heterocycles. The first-order valence-corrected chi connectivity index (χ1v) is 9.65. The third-order valence-electron chi connectivity index (χ3n) is 5.13. The molecule has 6 heteroatoms. The average Bonchev–Trinajstić information content (AvgIpc) is 3.31. The lowest BCUT2D eigenvalue weighted by Gasteiger charge is -2.32. The van der Waals surface area contributed by atoms with Gasteiger partial charge < -0.3 is 14.6 Å². The molecule has 0 fully saturated rings. The van der Waals surface area contributed by atoms with E-state index in [0.29, 0.717) is 12.1 Å². The van der Waals surface area contributed by atoms with Crippen LogP contribution in [0.25, 0.3) is 11.3 Å². The minimum absolute atomic E-state index is 0.0124. The number of benzene rings is 1. The quantitative estimate of drug-likeness (QED) is 0.742. The Hall–Kier alpha value is -2.88. The normalized spacial score (nSPS) is 19.1. The number of hydrogen-bond donors (Lipinski definition) is 1. The van der Waals surface area contributed by atoms with E-state index in [1.54, 1.807) is 11.3 Å². The number of rotatable bonds is 3. The van der Waals surface area contributed by atoms with Crippen molar-refractivity contribution in [2.75, 3.05) is 11.9 Å². The molecule has 1 amide bonds. The number of anilines is 1. The van der Waals surface area contributed by atoms with Crippen LogP contribution in [0, 0.1) is 11.3 Å². The Morgan fingerprint density at radius 3 is 2.85 bits per heavy atom. The molecule has 27 heavy (non-hydrogen) atoms. The van der Waals surface area contributed by atoms with Crippen molar-refractivity contribution in [2.24, 2.45) is 7.05 Å². The van der Waals surface area contributed by atoms with E-state index in [-0.39, 0.29) is 12.5 Å². The minimum Gasteiger partial charge on any atom is -0.355 e. The summed E-state index contributed by atoms with van der Waals surface area (Å²) in [7, 11) is 1.88. The summed E-state index contributed by atoms with van der Waals surface area (Å²) in [4.78, 5) is 13.3. The maximum atomic E-state index is 12.2. The molecule has 1 N–H and O–H groups in total. The van der Waals surface area contributed by atoms with Crippen LogP contribution >= 0.6 is 11.3 Å². The Labute approximate surface area is 161 Å². The van der Waals surface area contributed by atoms with Crippen molar-refractivity contribution in [3.63, 3.8) is 0 Å². The predicted molar refractivity (Wildman–Crippen MR) is 106 cm³/mol. The summed E-state index contributed by atoms with van der Waals surface area (Å²) in [6.45, 7) is 2.08. The van der Waals surface area contributed by atoms with Gasteiger partial charge in [-0.15, -0.1) is 11.3 Å². The number of hydrogen-bond acceptors (Lipinski definition) is 4. The number of aromatic nitrogens is 1. The minimum atomic E-state index is -0.679. The van der Waals surface area contributed by atoms with Crippen molar-refractivity contribution in [2.45, 2.75) is 18.9 Å². The van der Waals surface area contributed by atoms with E-state index in [4.69, 9.17) is 4.74 Å². The summed E-state index contributed by atoms with van der Waals surface area (Å²) < 4.78 is 8.08. The van der Waals surface area contributed by atoms with Crippen molar-refractivity contribution in [3.05, 3.63) is 64.0 Å². The van der Waals surface area contributed by atoms with Crippen LogP contribution in [-0.4, -0.2) is 17.1 Å². The van der Waals surface area contributed by atoms with E-state index in [1.165, 1.54) is 0 Å². The Bertz CT molecular complexity index is 1050. The largest absolute Gasteiger partial charge is 0.355 e. The highest BCUT2D eigenvalue weighted by Crippen LogP contribution is 2.45. The Kier molecular flexibility index (Phi) is 4.34. The molecule has 0 saturated carbocycles. The Morgan fingerprint density at radius 1 is 1.33 bits per heavy atom. The van der Waals surface area contributed by atoms with Crippen molar-refractivity contribution in [3.8, 4) is 17.3 Å². The van der Waals surface area contributed by atoms with Crippen LogP contribution in [-0.2, 0) is 22.2 Å². The molecule has 3 heterocycles. The van der Waals surface area contributed by atoms with Crippen LogP contribution in [0.1, 0.15) is 29.5 Å². The molecule has 0 radical (unpaired) electrons. The highest BCUT2D eigenvalue weighted by atomic mass is 32.1. The number of nitrogens with one attached hydrogen (secondary N) is 1. The monoisotopic (exact) mass is 377 g/mol. The maximum Gasteiger partial charge on any atom is 0.250 e. The first kappa shape index (κ1) is 17.5. The van der Waals surface area contributed by atoms with Crippen LogP contribution in [0.3, 0.4) is 0 Å². The van der Waals surface area contributed by atoms with Gasteiger partial charge in [-0.1, -0.05) is 19.1 Å². The molecule has 4 rings (SSSR count). The molecule has 1 aliphatic heterocycles. The number of amides is 1. The molecule has 1 aliphatic rings. The van der Waals surface area contributed by atoms with Gasteiger partial charge in [0, 0.05) is 28.9 Å². The smallest absolute Gasteiger partial charge is 0.250 e. The maximum absolute atomic E-state index is 12.2.